The number of hydrogen-bond donors (Lipinski definition) is 0. The summed E-state index contributed by atoms with van der Waals surface area (Å²) >= 11 is 11.9. The van der Waals surface area contributed by atoms with Crippen LogP contribution in [0.15, 0.2) is 0 Å². The van der Waals surface area contributed by atoms with Gasteiger partial charge < -0.3 is 0 Å². The molecule has 1 fully saturated rings. The van der Waals surface area contributed by atoms with E-state index in [1.165, 1.54) is 0 Å². The normalized spacial score (nSPS) is 25.8. The largest absolute Gasteiger partial charge is 0.300 e. The van der Waals surface area contributed by atoms with Gasteiger partial charge in [-0.25, -0.2) is 0 Å². The summed E-state index contributed by atoms with van der Waals surface area (Å²) in [6, 6.07) is 0. The first kappa shape index (κ1) is 9.34. The van der Waals surface area contributed by atoms with Crippen molar-refractivity contribution in [2.75, 3.05) is 0 Å². The van der Waals surface area contributed by atoms with Crippen LogP contribution in [0.1, 0.15) is 38.5 Å². The van der Waals surface area contributed by atoms with Gasteiger partial charge in [-0.2, -0.15) is 0 Å². The standard InChI is InChI=1S/C8H12Cl2O/c9-8(10)5-1-3-7(11)4-2-6-8/h1-6H2. The predicted molar refractivity (Wildman–Crippen MR) is 47.1 cm³/mol. The number of rotatable bonds is 0. The van der Waals surface area contributed by atoms with Gasteiger partial charge in [0.25, 0.3) is 0 Å². The molecule has 1 aliphatic rings. The Balaban J connectivity index is 2.41. The third kappa shape index (κ3) is 3.44. The Morgan fingerprint density at radius 1 is 1.09 bits per heavy atom. The van der Waals surface area contributed by atoms with E-state index in [0.29, 0.717) is 18.6 Å². The first-order valence-corrected chi connectivity index (χ1v) is 4.75. The minimum Gasteiger partial charge on any atom is -0.300 e. The summed E-state index contributed by atoms with van der Waals surface area (Å²) in [6.07, 6.45) is 4.49. The SMILES string of the molecule is O=C1CCCC(Cl)(Cl)CCC1. The maximum Gasteiger partial charge on any atom is 0.132 e. The maximum absolute atomic E-state index is 11.0. The average molecular weight is 195 g/mol. The molecular formula is C8H12Cl2O. The number of halogens is 2. The van der Waals surface area contributed by atoms with Crippen molar-refractivity contribution in [1.29, 1.82) is 0 Å². The molecule has 0 aliphatic heterocycles. The van der Waals surface area contributed by atoms with Crippen LogP contribution in [0, 0.1) is 0 Å². The average Bonchev–Trinajstić information content (AvgIpc) is 1.83. The molecule has 0 atom stereocenters. The van der Waals surface area contributed by atoms with Crippen molar-refractivity contribution in [3.63, 3.8) is 0 Å². The smallest absolute Gasteiger partial charge is 0.132 e. The first-order valence-electron chi connectivity index (χ1n) is 4.00. The molecule has 0 unspecified atom stereocenters. The predicted octanol–water partition coefficient (Wildman–Crippen LogP) is 3.08. The van der Waals surface area contributed by atoms with Crippen molar-refractivity contribution in [2.45, 2.75) is 42.9 Å². The molecule has 0 aromatic heterocycles. The monoisotopic (exact) mass is 194 g/mol. The van der Waals surface area contributed by atoms with E-state index >= 15 is 0 Å². The second-order valence-electron chi connectivity index (χ2n) is 3.10. The van der Waals surface area contributed by atoms with Crippen LogP contribution in [0.4, 0.5) is 0 Å². The second kappa shape index (κ2) is 3.77. The molecule has 3 heteroatoms. The number of carbonyl (C=O) groups is 1. The number of Topliss-reactive ketones (excluding diaryl/α,β-unsaturated/α-hetero) is 1. The molecule has 0 aromatic rings. The Hall–Kier alpha value is 0.250. The minimum atomic E-state index is -0.569. The molecule has 1 aliphatic carbocycles. The molecule has 64 valence electrons. The first-order chi connectivity index (χ1) is 5.10. The molecule has 0 heterocycles. The molecule has 1 saturated carbocycles. The van der Waals surface area contributed by atoms with Gasteiger partial charge >= 0.3 is 0 Å². The van der Waals surface area contributed by atoms with Crippen LogP contribution < -0.4 is 0 Å². The Labute approximate surface area is 77.1 Å². The number of hydrogen-bond acceptors (Lipinski definition) is 1. The van der Waals surface area contributed by atoms with Crippen LogP contribution in [0.25, 0.3) is 0 Å². The quantitative estimate of drug-likeness (QED) is 0.543. The van der Waals surface area contributed by atoms with Gasteiger partial charge in [-0.15, -0.1) is 23.2 Å². The summed E-state index contributed by atoms with van der Waals surface area (Å²) in [5.74, 6) is 0.355. The second-order valence-corrected chi connectivity index (χ2v) is 4.74. The van der Waals surface area contributed by atoms with Gasteiger partial charge in [0, 0.05) is 12.8 Å². The van der Waals surface area contributed by atoms with Gasteiger partial charge in [0.15, 0.2) is 0 Å². The van der Waals surface area contributed by atoms with Crippen molar-refractivity contribution < 1.29 is 4.79 Å². The van der Waals surface area contributed by atoms with Crippen molar-refractivity contribution >= 4 is 29.0 Å². The number of alkyl halides is 2. The van der Waals surface area contributed by atoms with E-state index in [2.05, 4.69) is 0 Å². The van der Waals surface area contributed by atoms with Crippen molar-refractivity contribution in [1.82, 2.24) is 0 Å². The fourth-order valence-electron chi connectivity index (χ4n) is 1.34. The molecule has 1 nitrogen and oxygen atoms in total. The molecule has 0 saturated heterocycles. The summed E-state index contributed by atoms with van der Waals surface area (Å²) in [4.78, 5) is 11.0. The van der Waals surface area contributed by atoms with Crippen LogP contribution >= 0.6 is 23.2 Å². The molecule has 0 bridgehead atoms. The van der Waals surface area contributed by atoms with E-state index in [4.69, 9.17) is 23.2 Å². The fraction of sp³-hybridized carbons (Fsp3) is 0.875. The van der Waals surface area contributed by atoms with Gasteiger partial charge in [0.05, 0.1) is 0 Å². The molecular weight excluding hydrogens is 183 g/mol. The number of ketones is 1. The third-order valence-electron chi connectivity index (χ3n) is 2.00. The highest BCUT2D eigenvalue weighted by Crippen LogP contribution is 2.34. The van der Waals surface area contributed by atoms with Gasteiger partial charge in [-0.05, 0) is 25.7 Å². The lowest BCUT2D eigenvalue weighted by Crippen LogP contribution is -2.16. The van der Waals surface area contributed by atoms with Crippen LogP contribution in [0.2, 0.25) is 0 Å². The fourth-order valence-corrected chi connectivity index (χ4v) is 1.87. The van der Waals surface area contributed by atoms with Crippen molar-refractivity contribution in [3.05, 3.63) is 0 Å². The van der Waals surface area contributed by atoms with Gasteiger partial charge in [0.2, 0.25) is 0 Å². The highest BCUT2D eigenvalue weighted by Gasteiger charge is 2.25. The van der Waals surface area contributed by atoms with Gasteiger partial charge in [0.1, 0.15) is 10.1 Å². The Kier molecular flexibility index (Phi) is 3.20. The van der Waals surface area contributed by atoms with Gasteiger partial charge in [-0.1, -0.05) is 0 Å². The summed E-state index contributed by atoms with van der Waals surface area (Å²) in [5.41, 5.74) is 0. The van der Waals surface area contributed by atoms with Crippen molar-refractivity contribution in [3.8, 4) is 0 Å². The maximum atomic E-state index is 11.0. The van der Waals surface area contributed by atoms with E-state index in [9.17, 15) is 4.79 Å². The molecule has 0 N–H and O–H groups in total. The van der Waals surface area contributed by atoms with Crippen molar-refractivity contribution in [2.24, 2.45) is 0 Å². The van der Waals surface area contributed by atoms with E-state index in [-0.39, 0.29) is 0 Å². The zero-order chi connectivity index (χ0) is 8.32. The van der Waals surface area contributed by atoms with E-state index in [0.717, 1.165) is 25.7 Å². The van der Waals surface area contributed by atoms with Crippen LogP contribution in [0.3, 0.4) is 0 Å². The van der Waals surface area contributed by atoms with Crippen LogP contribution in [0.5, 0.6) is 0 Å². The summed E-state index contributed by atoms with van der Waals surface area (Å²) in [5, 5.41) is 0. The highest BCUT2D eigenvalue weighted by atomic mass is 35.5. The van der Waals surface area contributed by atoms with Crippen LogP contribution in [-0.2, 0) is 4.79 Å². The van der Waals surface area contributed by atoms with Crippen LogP contribution in [-0.4, -0.2) is 10.1 Å². The molecule has 1 rings (SSSR count). The lowest BCUT2D eigenvalue weighted by Gasteiger charge is -2.21. The third-order valence-corrected chi connectivity index (χ3v) is 2.75. The molecule has 11 heavy (non-hydrogen) atoms. The Morgan fingerprint density at radius 3 is 2.00 bits per heavy atom. The lowest BCUT2D eigenvalue weighted by molar-refractivity contribution is -0.119. The lowest BCUT2D eigenvalue weighted by atomic mass is 9.99. The molecule has 0 spiro atoms. The van der Waals surface area contributed by atoms with E-state index in [1.54, 1.807) is 0 Å². The molecule has 0 radical (unpaired) electrons. The minimum absolute atomic E-state index is 0.355. The highest BCUT2D eigenvalue weighted by molar-refractivity contribution is 6.48. The Bertz CT molecular complexity index is 140. The zero-order valence-corrected chi connectivity index (χ0v) is 7.92. The summed E-state index contributed by atoms with van der Waals surface area (Å²) < 4.78 is -0.569. The Morgan fingerprint density at radius 2 is 1.55 bits per heavy atom. The van der Waals surface area contributed by atoms with Gasteiger partial charge in [-0.3, -0.25) is 4.79 Å². The topological polar surface area (TPSA) is 17.1 Å². The summed E-state index contributed by atoms with van der Waals surface area (Å²) in [7, 11) is 0. The number of carbonyl (C=O) groups excluding carboxylic acids is 1. The van der Waals surface area contributed by atoms with E-state index in [1.807, 2.05) is 0 Å². The van der Waals surface area contributed by atoms with E-state index < -0.39 is 4.33 Å². The molecule has 0 aromatic carbocycles. The molecule has 0 amide bonds. The summed E-state index contributed by atoms with van der Waals surface area (Å²) in [6.45, 7) is 0. The zero-order valence-electron chi connectivity index (χ0n) is 6.41.